The fraction of sp³-hybridized carbons (Fsp3) is 0.130. The molecule has 0 saturated heterocycles. The van der Waals surface area contributed by atoms with Gasteiger partial charge in [-0.15, -0.1) is 0 Å². The molecule has 30 heavy (non-hydrogen) atoms. The van der Waals surface area contributed by atoms with Crippen molar-refractivity contribution in [3.63, 3.8) is 0 Å². The summed E-state index contributed by atoms with van der Waals surface area (Å²) in [6, 6.07) is 18.6. The normalized spacial score (nSPS) is 17.6. The lowest BCUT2D eigenvalue weighted by Crippen LogP contribution is -2.56. The first-order valence-corrected chi connectivity index (χ1v) is 10.1. The number of pyridine rings is 2. The third kappa shape index (κ3) is 2.38. The molecule has 3 aromatic heterocycles. The number of hydrogen-bond acceptors (Lipinski definition) is 6. The first kappa shape index (κ1) is 17.2. The summed E-state index contributed by atoms with van der Waals surface area (Å²) in [5.41, 5.74) is 3.78. The molecular formula is C23H20BN5O. The Morgan fingerprint density at radius 2 is 1.77 bits per heavy atom. The molecule has 0 amide bonds. The molecule has 0 fully saturated rings. The van der Waals surface area contributed by atoms with Gasteiger partial charge in [0.05, 0.1) is 11.9 Å². The number of benzene rings is 1. The number of aromatic nitrogens is 2. The van der Waals surface area contributed by atoms with Crippen LogP contribution in [0.4, 0.5) is 17.2 Å². The second-order valence-electron chi connectivity index (χ2n) is 7.70. The molecule has 5 heterocycles. The van der Waals surface area contributed by atoms with Crippen molar-refractivity contribution in [2.75, 3.05) is 16.8 Å². The van der Waals surface area contributed by atoms with E-state index in [1.165, 1.54) is 0 Å². The van der Waals surface area contributed by atoms with Gasteiger partial charge in [-0.05, 0) is 50.4 Å². The summed E-state index contributed by atoms with van der Waals surface area (Å²) in [5.74, 6) is 3.23. The highest BCUT2D eigenvalue weighted by Gasteiger charge is 2.42. The second-order valence-corrected chi connectivity index (χ2v) is 7.70. The molecule has 0 N–H and O–H groups in total. The van der Waals surface area contributed by atoms with Crippen molar-refractivity contribution < 1.29 is 4.42 Å². The number of para-hydroxylation sites is 1. The first-order chi connectivity index (χ1) is 14.7. The first-order valence-electron chi connectivity index (χ1n) is 10.1. The van der Waals surface area contributed by atoms with Crippen LogP contribution in [0.5, 0.6) is 0 Å². The summed E-state index contributed by atoms with van der Waals surface area (Å²) in [4.78, 5) is 16.0. The van der Waals surface area contributed by atoms with Crippen molar-refractivity contribution in [3.8, 4) is 0 Å². The maximum absolute atomic E-state index is 5.97. The molecule has 6 nitrogen and oxygen atoms in total. The molecule has 6 rings (SSSR count). The Morgan fingerprint density at radius 1 is 0.967 bits per heavy atom. The zero-order valence-electron chi connectivity index (χ0n) is 16.8. The molecule has 4 aromatic rings. The van der Waals surface area contributed by atoms with Crippen LogP contribution in [-0.2, 0) is 0 Å². The Morgan fingerprint density at radius 3 is 2.63 bits per heavy atom. The van der Waals surface area contributed by atoms with Gasteiger partial charge in [-0.3, -0.25) is 0 Å². The average Bonchev–Trinajstić information content (AvgIpc) is 3.27. The van der Waals surface area contributed by atoms with Gasteiger partial charge >= 0.3 is 6.98 Å². The zero-order valence-corrected chi connectivity index (χ0v) is 16.8. The molecule has 1 aromatic carbocycles. The largest absolute Gasteiger partial charge is 0.436 e. The lowest BCUT2D eigenvalue weighted by molar-refractivity contribution is 0.551. The van der Waals surface area contributed by atoms with Crippen molar-refractivity contribution in [2.24, 2.45) is 0 Å². The van der Waals surface area contributed by atoms with Gasteiger partial charge in [0.25, 0.3) is 0 Å². The van der Waals surface area contributed by atoms with Crippen LogP contribution < -0.4 is 20.3 Å². The SMILES string of the molecule is C[C@@H]1N(B2C=c3c(oc4ncccc34)=CN2C)c2ncccc2N1c1ccccc1. The second kappa shape index (κ2) is 6.39. The van der Waals surface area contributed by atoms with E-state index in [1.807, 2.05) is 24.4 Å². The van der Waals surface area contributed by atoms with Crippen LogP contribution in [0.1, 0.15) is 6.92 Å². The predicted octanol–water partition coefficient (Wildman–Crippen LogP) is 2.72. The average molecular weight is 393 g/mol. The minimum absolute atomic E-state index is 0.00383. The Kier molecular flexibility index (Phi) is 3.65. The van der Waals surface area contributed by atoms with E-state index in [0.717, 1.165) is 33.2 Å². The van der Waals surface area contributed by atoms with Gasteiger partial charge in [-0.1, -0.05) is 24.2 Å². The molecule has 0 spiro atoms. The molecule has 0 saturated carbocycles. The number of furan rings is 1. The molecule has 0 radical (unpaired) electrons. The van der Waals surface area contributed by atoms with Crippen molar-refractivity contribution in [1.29, 1.82) is 0 Å². The van der Waals surface area contributed by atoms with Crippen LogP contribution >= 0.6 is 0 Å². The Balaban J connectivity index is 1.52. The number of anilines is 3. The molecule has 2 aliphatic rings. The number of hydrogen-bond donors (Lipinski definition) is 0. The molecular weight excluding hydrogens is 373 g/mol. The summed E-state index contributed by atoms with van der Waals surface area (Å²) < 4.78 is 5.97. The van der Waals surface area contributed by atoms with Gasteiger partial charge in [-0.2, -0.15) is 0 Å². The molecule has 0 aliphatic carbocycles. The molecule has 0 bridgehead atoms. The third-order valence-corrected chi connectivity index (χ3v) is 5.95. The summed E-state index contributed by atoms with van der Waals surface area (Å²) in [5, 5.41) is 2.12. The topological polar surface area (TPSA) is 48.6 Å². The van der Waals surface area contributed by atoms with Crippen molar-refractivity contribution in [1.82, 2.24) is 14.8 Å². The van der Waals surface area contributed by atoms with Gasteiger partial charge < -0.3 is 18.9 Å². The maximum Gasteiger partial charge on any atom is 0.406 e. The highest BCUT2D eigenvalue weighted by Crippen LogP contribution is 2.43. The van der Waals surface area contributed by atoms with E-state index in [0.29, 0.717) is 5.71 Å². The van der Waals surface area contributed by atoms with E-state index in [-0.39, 0.29) is 13.1 Å². The van der Waals surface area contributed by atoms with Crippen molar-refractivity contribution in [2.45, 2.75) is 13.1 Å². The Bertz CT molecular complexity index is 1370. The van der Waals surface area contributed by atoms with Gasteiger partial charge in [0.1, 0.15) is 5.82 Å². The minimum atomic E-state index is -0.00383. The van der Waals surface area contributed by atoms with E-state index in [4.69, 9.17) is 9.40 Å². The van der Waals surface area contributed by atoms with E-state index < -0.39 is 0 Å². The fourth-order valence-corrected chi connectivity index (χ4v) is 4.61. The van der Waals surface area contributed by atoms with Crippen LogP contribution in [0.25, 0.3) is 23.3 Å². The van der Waals surface area contributed by atoms with Crippen LogP contribution in [0.15, 0.2) is 71.4 Å². The minimum Gasteiger partial charge on any atom is -0.436 e. The van der Waals surface area contributed by atoms with Crippen LogP contribution in [-0.4, -0.2) is 35.0 Å². The molecule has 1 atom stereocenters. The highest BCUT2D eigenvalue weighted by atomic mass is 16.3. The zero-order chi connectivity index (χ0) is 20.2. The van der Waals surface area contributed by atoms with E-state index in [1.54, 1.807) is 6.20 Å². The smallest absolute Gasteiger partial charge is 0.406 e. The lowest BCUT2D eigenvalue weighted by Gasteiger charge is -2.36. The van der Waals surface area contributed by atoms with Crippen LogP contribution in [0.2, 0.25) is 0 Å². The number of rotatable bonds is 2. The lowest BCUT2D eigenvalue weighted by atomic mass is 9.69. The maximum atomic E-state index is 5.97. The summed E-state index contributed by atoms with van der Waals surface area (Å²) in [6.45, 7) is 2.22. The molecule has 0 unspecified atom stereocenters. The highest BCUT2D eigenvalue weighted by molar-refractivity contribution is 6.75. The van der Waals surface area contributed by atoms with Gasteiger partial charge in [0.2, 0.25) is 5.71 Å². The van der Waals surface area contributed by atoms with Gasteiger partial charge in [0, 0.05) is 34.9 Å². The Hall–Kier alpha value is -3.74. The van der Waals surface area contributed by atoms with Crippen LogP contribution in [0.3, 0.4) is 0 Å². The van der Waals surface area contributed by atoms with E-state index in [2.05, 4.69) is 82.1 Å². The fourth-order valence-electron chi connectivity index (χ4n) is 4.61. The number of nitrogens with zero attached hydrogens (tertiary/aromatic N) is 5. The molecule has 146 valence electrons. The van der Waals surface area contributed by atoms with Gasteiger partial charge in [-0.25, -0.2) is 9.97 Å². The predicted molar refractivity (Wildman–Crippen MR) is 120 cm³/mol. The molecule has 7 heteroatoms. The number of fused-ring (bicyclic) bond motifs is 4. The van der Waals surface area contributed by atoms with Crippen molar-refractivity contribution in [3.05, 3.63) is 77.6 Å². The van der Waals surface area contributed by atoms with E-state index >= 15 is 0 Å². The quantitative estimate of drug-likeness (QED) is 0.488. The van der Waals surface area contributed by atoms with Crippen molar-refractivity contribution >= 4 is 47.5 Å². The van der Waals surface area contributed by atoms with E-state index in [9.17, 15) is 0 Å². The monoisotopic (exact) mass is 393 g/mol. The summed E-state index contributed by atoms with van der Waals surface area (Å²) in [6.07, 6.45) is 5.77. The third-order valence-electron chi connectivity index (χ3n) is 5.95. The summed E-state index contributed by atoms with van der Waals surface area (Å²) >= 11 is 0. The Labute approximate surface area is 174 Å². The summed E-state index contributed by atoms with van der Waals surface area (Å²) in [7, 11) is 2.07. The standard InChI is InChI=1S/C23H20BN5O/c1-16-28(17-8-4-3-5-9-17)20-11-7-12-25-22(20)29(16)24-14-19-18-10-6-13-26-23(18)30-21(19)15-27(24)2/h3-16H,1-2H3/t16-/m0/s1. The van der Waals surface area contributed by atoms with Crippen LogP contribution in [0, 0.1) is 0 Å². The molecule has 2 aliphatic heterocycles. The van der Waals surface area contributed by atoms with Gasteiger partial charge in [0.15, 0.2) is 5.42 Å².